The maximum Gasteiger partial charge on any atom is 0.258 e. The minimum atomic E-state index is -0.251. The molecule has 0 radical (unpaired) electrons. The van der Waals surface area contributed by atoms with Crippen molar-refractivity contribution in [1.82, 2.24) is 5.32 Å². The summed E-state index contributed by atoms with van der Waals surface area (Å²) in [7, 11) is 0. The minimum absolute atomic E-state index is 0.0548. The third kappa shape index (κ3) is 4.63. The normalized spacial score (nSPS) is 11.9. The molecule has 0 unspecified atom stereocenters. The number of hydrogen-bond acceptors (Lipinski definition) is 3. The number of carbonyl (C=O) groups excluding carboxylic acids is 1. The molecule has 1 rings (SSSR count). The van der Waals surface area contributed by atoms with E-state index in [1.54, 1.807) is 19.1 Å². The van der Waals surface area contributed by atoms with Crippen molar-refractivity contribution in [3.05, 3.63) is 28.7 Å². The maximum atomic E-state index is 11.3. The van der Waals surface area contributed by atoms with Gasteiger partial charge < -0.3 is 15.2 Å². The fourth-order valence-corrected chi connectivity index (χ4v) is 1.45. The summed E-state index contributed by atoms with van der Waals surface area (Å²) in [5.41, 5.74) is 0. The van der Waals surface area contributed by atoms with Crippen LogP contribution in [0, 0.1) is 0 Å². The van der Waals surface area contributed by atoms with Crippen LogP contribution in [0.5, 0.6) is 5.75 Å². The molecule has 5 heteroatoms. The third-order valence-corrected chi connectivity index (χ3v) is 2.34. The summed E-state index contributed by atoms with van der Waals surface area (Å²) in [6.07, 6.45) is 0. The molecule has 1 atom stereocenters. The van der Waals surface area contributed by atoms with Gasteiger partial charge in [0.25, 0.3) is 5.91 Å². The van der Waals surface area contributed by atoms with E-state index >= 15 is 0 Å². The van der Waals surface area contributed by atoms with Crippen LogP contribution in [0.25, 0.3) is 0 Å². The summed E-state index contributed by atoms with van der Waals surface area (Å²) in [6.45, 7) is 1.58. The molecular weight excluding hydrogens is 274 g/mol. The van der Waals surface area contributed by atoms with Crippen LogP contribution in [0.4, 0.5) is 0 Å². The van der Waals surface area contributed by atoms with Gasteiger partial charge in [0, 0.05) is 10.5 Å². The van der Waals surface area contributed by atoms with Crippen LogP contribution in [0.15, 0.2) is 28.7 Å². The van der Waals surface area contributed by atoms with E-state index in [-0.39, 0.29) is 25.2 Å². The Bertz CT molecular complexity index is 357. The molecule has 1 amide bonds. The van der Waals surface area contributed by atoms with E-state index in [1.165, 1.54) is 0 Å². The van der Waals surface area contributed by atoms with E-state index in [1.807, 2.05) is 12.1 Å². The Morgan fingerprint density at radius 1 is 1.62 bits per heavy atom. The van der Waals surface area contributed by atoms with E-state index in [0.29, 0.717) is 5.75 Å². The van der Waals surface area contributed by atoms with E-state index in [0.717, 1.165) is 4.47 Å². The fourth-order valence-electron chi connectivity index (χ4n) is 1.07. The molecule has 88 valence electrons. The minimum Gasteiger partial charge on any atom is -0.484 e. The van der Waals surface area contributed by atoms with Crippen molar-refractivity contribution >= 4 is 21.8 Å². The van der Waals surface area contributed by atoms with Crippen LogP contribution in [-0.4, -0.2) is 30.3 Å². The molecule has 4 nitrogen and oxygen atoms in total. The lowest BCUT2D eigenvalue weighted by atomic mass is 10.3. The van der Waals surface area contributed by atoms with Gasteiger partial charge in [-0.3, -0.25) is 4.79 Å². The predicted octanol–water partition coefficient (Wildman–Crippen LogP) is 1.32. The van der Waals surface area contributed by atoms with E-state index in [9.17, 15) is 4.79 Å². The molecule has 0 bridgehead atoms. The van der Waals surface area contributed by atoms with Gasteiger partial charge in [-0.05, 0) is 25.1 Å². The molecule has 0 fully saturated rings. The van der Waals surface area contributed by atoms with Crippen molar-refractivity contribution in [2.45, 2.75) is 13.0 Å². The Labute approximate surface area is 103 Å². The molecule has 0 aliphatic rings. The van der Waals surface area contributed by atoms with Gasteiger partial charge in [-0.15, -0.1) is 0 Å². The van der Waals surface area contributed by atoms with E-state index in [2.05, 4.69) is 21.2 Å². The SMILES string of the molecule is C[C@@H](CO)NC(=O)COc1cccc(Br)c1. The molecule has 2 N–H and O–H groups in total. The summed E-state index contributed by atoms with van der Waals surface area (Å²) >= 11 is 3.31. The number of benzene rings is 1. The Kier molecular flexibility index (Phi) is 5.28. The molecule has 0 aliphatic heterocycles. The van der Waals surface area contributed by atoms with Crippen LogP contribution >= 0.6 is 15.9 Å². The molecule has 0 heterocycles. The van der Waals surface area contributed by atoms with Crippen LogP contribution in [0.1, 0.15) is 6.92 Å². The van der Waals surface area contributed by atoms with Gasteiger partial charge in [0.05, 0.1) is 6.61 Å². The van der Waals surface area contributed by atoms with Gasteiger partial charge in [-0.25, -0.2) is 0 Å². The fraction of sp³-hybridized carbons (Fsp3) is 0.364. The largest absolute Gasteiger partial charge is 0.484 e. The first-order valence-electron chi connectivity index (χ1n) is 4.90. The summed E-state index contributed by atoms with van der Waals surface area (Å²) in [4.78, 5) is 11.3. The zero-order chi connectivity index (χ0) is 12.0. The highest BCUT2D eigenvalue weighted by Gasteiger charge is 2.06. The molecule has 1 aromatic rings. The molecule has 0 aliphatic carbocycles. The monoisotopic (exact) mass is 287 g/mol. The zero-order valence-electron chi connectivity index (χ0n) is 8.94. The van der Waals surface area contributed by atoms with Crippen molar-refractivity contribution in [2.75, 3.05) is 13.2 Å². The summed E-state index contributed by atoms with van der Waals surface area (Å²) in [5, 5.41) is 11.3. The first-order chi connectivity index (χ1) is 7.61. The summed E-state index contributed by atoms with van der Waals surface area (Å²) in [5.74, 6) is 0.378. The number of rotatable bonds is 5. The van der Waals surface area contributed by atoms with Crippen molar-refractivity contribution in [2.24, 2.45) is 0 Å². The van der Waals surface area contributed by atoms with Gasteiger partial charge in [-0.2, -0.15) is 0 Å². The second-order valence-electron chi connectivity index (χ2n) is 3.40. The average molecular weight is 288 g/mol. The Morgan fingerprint density at radius 2 is 2.38 bits per heavy atom. The number of nitrogens with one attached hydrogen (secondary N) is 1. The van der Waals surface area contributed by atoms with Gasteiger partial charge in [-0.1, -0.05) is 22.0 Å². The van der Waals surface area contributed by atoms with Crippen LogP contribution in [0.2, 0.25) is 0 Å². The number of carbonyl (C=O) groups is 1. The number of hydrogen-bond donors (Lipinski definition) is 2. The first kappa shape index (κ1) is 13.0. The van der Waals surface area contributed by atoms with Crippen LogP contribution in [0.3, 0.4) is 0 Å². The van der Waals surface area contributed by atoms with Crippen LogP contribution < -0.4 is 10.1 Å². The van der Waals surface area contributed by atoms with Gasteiger partial charge in [0.15, 0.2) is 6.61 Å². The molecule has 0 saturated heterocycles. The average Bonchev–Trinajstić information content (AvgIpc) is 2.26. The van der Waals surface area contributed by atoms with E-state index in [4.69, 9.17) is 9.84 Å². The molecular formula is C11H14BrNO3. The second kappa shape index (κ2) is 6.50. The molecule has 0 spiro atoms. The summed E-state index contributed by atoms with van der Waals surface area (Å²) < 4.78 is 6.17. The number of ether oxygens (including phenoxy) is 1. The van der Waals surface area contributed by atoms with Crippen molar-refractivity contribution in [3.8, 4) is 5.75 Å². The molecule has 16 heavy (non-hydrogen) atoms. The Morgan fingerprint density at radius 3 is 3.00 bits per heavy atom. The highest BCUT2D eigenvalue weighted by atomic mass is 79.9. The topological polar surface area (TPSA) is 58.6 Å². The van der Waals surface area contributed by atoms with Crippen molar-refractivity contribution < 1.29 is 14.6 Å². The maximum absolute atomic E-state index is 11.3. The first-order valence-corrected chi connectivity index (χ1v) is 5.69. The summed E-state index contributed by atoms with van der Waals surface area (Å²) in [6, 6.07) is 7.00. The zero-order valence-corrected chi connectivity index (χ0v) is 10.5. The van der Waals surface area contributed by atoms with Crippen molar-refractivity contribution in [3.63, 3.8) is 0 Å². The molecule has 0 aromatic heterocycles. The second-order valence-corrected chi connectivity index (χ2v) is 4.31. The Hall–Kier alpha value is -1.07. The highest BCUT2D eigenvalue weighted by molar-refractivity contribution is 9.10. The highest BCUT2D eigenvalue weighted by Crippen LogP contribution is 2.17. The quantitative estimate of drug-likeness (QED) is 0.859. The Balaban J connectivity index is 2.37. The van der Waals surface area contributed by atoms with Gasteiger partial charge in [0.2, 0.25) is 0 Å². The molecule has 1 aromatic carbocycles. The number of aliphatic hydroxyl groups is 1. The lowest BCUT2D eigenvalue weighted by molar-refractivity contribution is -0.123. The predicted molar refractivity (Wildman–Crippen MR) is 64.3 cm³/mol. The van der Waals surface area contributed by atoms with Crippen molar-refractivity contribution in [1.29, 1.82) is 0 Å². The van der Waals surface area contributed by atoms with Gasteiger partial charge in [0.1, 0.15) is 5.75 Å². The molecule has 0 saturated carbocycles. The number of aliphatic hydroxyl groups excluding tert-OH is 1. The smallest absolute Gasteiger partial charge is 0.258 e. The third-order valence-electron chi connectivity index (χ3n) is 1.85. The van der Waals surface area contributed by atoms with E-state index < -0.39 is 0 Å². The number of amides is 1. The van der Waals surface area contributed by atoms with Gasteiger partial charge >= 0.3 is 0 Å². The lowest BCUT2D eigenvalue weighted by Gasteiger charge is -2.11. The number of halogens is 1. The standard InChI is InChI=1S/C11H14BrNO3/c1-8(6-14)13-11(15)7-16-10-4-2-3-9(12)5-10/h2-5,8,14H,6-7H2,1H3,(H,13,15)/t8-/m0/s1. The van der Waals surface area contributed by atoms with Crippen LogP contribution in [-0.2, 0) is 4.79 Å². The lowest BCUT2D eigenvalue weighted by Crippen LogP contribution is -2.38.